The second-order valence-electron chi connectivity index (χ2n) is 5.51. The van der Waals surface area contributed by atoms with Gasteiger partial charge in [0.15, 0.2) is 9.84 Å². The summed E-state index contributed by atoms with van der Waals surface area (Å²) in [4.78, 5) is 13.9. The lowest BCUT2D eigenvalue weighted by Crippen LogP contribution is -2.43. The Hall–Kier alpha value is -0.660. The summed E-state index contributed by atoms with van der Waals surface area (Å²) in [7, 11) is -1.41. The average molecular weight is 306 g/mol. The first-order valence-electron chi connectivity index (χ1n) is 7.10. The second kappa shape index (κ2) is 7.95. The number of sulfone groups is 1. The molecule has 0 aromatic heterocycles. The third-order valence-electron chi connectivity index (χ3n) is 3.56. The molecule has 0 aromatic carbocycles. The van der Waals surface area contributed by atoms with E-state index in [1.165, 1.54) is 0 Å². The number of carbonyl (C=O) groups excluding carboxylic acids is 1. The third-order valence-corrected chi connectivity index (χ3v) is 5.31. The highest BCUT2D eigenvalue weighted by atomic mass is 32.2. The lowest BCUT2D eigenvalue weighted by Gasteiger charge is -2.28. The van der Waals surface area contributed by atoms with Gasteiger partial charge in [0.1, 0.15) is 0 Å². The van der Waals surface area contributed by atoms with E-state index in [1.807, 2.05) is 6.92 Å². The standard InChI is InChI=1S/C13H26N2O4S/c1-11(14)4-3-5-13(16)15(7-8-19-2)12-6-9-20(17,18)10-12/h11-12H,3-10,14H2,1-2H3. The van der Waals surface area contributed by atoms with Crippen LogP contribution in [0.3, 0.4) is 0 Å². The van der Waals surface area contributed by atoms with Crippen molar-refractivity contribution in [2.45, 2.75) is 44.7 Å². The molecule has 2 unspecified atom stereocenters. The Balaban J connectivity index is 2.57. The number of hydrogen-bond acceptors (Lipinski definition) is 5. The van der Waals surface area contributed by atoms with Crippen molar-refractivity contribution in [1.29, 1.82) is 0 Å². The van der Waals surface area contributed by atoms with Gasteiger partial charge in [-0.05, 0) is 26.2 Å². The topological polar surface area (TPSA) is 89.7 Å². The number of nitrogens with two attached hydrogens (primary N) is 1. The molecule has 6 nitrogen and oxygen atoms in total. The molecule has 0 aliphatic carbocycles. The summed E-state index contributed by atoms with van der Waals surface area (Å²) < 4.78 is 28.1. The van der Waals surface area contributed by atoms with E-state index in [4.69, 9.17) is 10.5 Å². The summed E-state index contributed by atoms with van der Waals surface area (Å²) in [6.07, 6.45) is 2.49. The van der Waals surface area contributed by atoms with Crippen LogP contribution in [0.25, 0.3) is 0 Å². The van der Waals surface area contributed by atoms with Crippen molar-refractivity contribution in [2.75, 3.05) is 31.8 Å². The fourth-order valence-corrected chi connectivity index (χ4v) is 4.17. The van der Waals surface area contributed by atoms with Crippen LogP contribution < -0.4 is 5.73 Å². The molecule has 1 heterocycles. The minimum Gasteiger partial charge on any atom is -0.383 e. The fourth-order valence-electron chi connectivity index (χ4n) is 2.44. The Morgan fingerprint density at radius 2 is 2.20 bits per heavy atom. The number of carbonyl (C=O) groups is 1. The molecular weight excluding hydrogens is 280 g/mol. The molecule has 2 atom stereocenters. The van der Waals surface area contributed by atoms with Crippen LogP contribution in [-0.4, -0.2) is 63.1 Å². The van der Waals surface area contributed by atoms with E-state index in [-0.39, 0.29) is 29.5 Å². The molecule has 1 aliphatic rings. The summed E-state index contributed by atoms with van der Waals surface area (Å²) >= 11 is 0. The first-order valence-corrected chi connectivity index (χ1v) is 8.92. The first kappa shape index (κ1) is 17.4. The predicted molar refractivity (Wildman–Crippen MR) is 78.1 cm³/mol. The van der Waals surface area contributed by atoms with Gasteiger partial charge in [0.25, 0.3) is 0 Å². The molecule has 118 valence electrons. The Kier molecular flexibility index (Phi) is 6.91. The monoisotopic (exact) mass is 306 g/mol. The van der Waals surface area contributed by atoms with Gasteiger partial charge >= 0.3 is 0 Å². The molecule has 1 saturated heterocycles. The first-order chi connectivity index (χ1) is 9.35. The van der Waals surface area contributed by atoms with Crippen LogP contribution in [0.5, 0.6) is 0 Å². The molecule has 0 bridgehead atoms. The molecule has 2 N–H and O–H groups in total. The fraction of sp³-hybridized carbons (Fsp3) is 0.923. The van der Waals surface area contributed by atoms with Crippen molar-refractivity contribution >= 4 is 15.7 Å². The van der Waals surface area contributed by atoms with Gasteiger partial charge in [-0.25, -0.2) is 8.42 Å². The SMILES string of the molecule is COCCN(C(=O)CCCC(C)N)C1CCS(=O)(=O)C1. The number of hydrogen-bond donors (Lipinski definition) is 1. The van der Waals surface area contributed by atoms with Crippen LogP contribution in [0.1, 0.15) is 32.6 Å². The number of ether oxygens (including phenoxy) is 1. The van der Waals surface area contributed by atoms with Crippen LogP contribution in [0.4, 0.5) is 0 Å². The Labute approximate surface area is 121 Å². The van der Waals surface area contributed by atoms with Crippen molar-refractivity contribution < 1.29 is 17.9 Å². The molecule has 0 spiro atoms. The van der Waals surface area contributed by atoms with Crippen molar-refractivity contribution in [1.82, 2.24) is 4.90 Å². The highest BCUT2D eigenvalue weighted by Crippen LogP contribution is 2.19. The highest BCUT2D eigenvalue weighted by molar-refractivity contribution is 7.91. The zero-order valence-corrected chi connectivity index (χ0v) is 13.2. The van der Waals surface area contributed by atoms with E-state index in [0.29, 0.717) is 26.0 Å². The van der Waals surface area contributed by atoms with Crippen LogP contribution >= 0.6 is 0 Å². The minimum atomic E-state index is -2.99. The maximum atomic E-state index is 12.3. The van der Waals surface area contributed by atoms with E-state index >= 15 is 0 Å². The van der Waals surface area contributed by atoms with E-state index in [1.54, 1.807) is 12.0 Å². The van der Waals surface area contributed by atoms with Gasteiger partial charge in [0, 0.05) is 32.2 Å². The zero-order valence-electron chi connectivity index (χ0n) is 12.4. The molecule has 20 heavy (non-hydrogen) atoms. The van der Waals surface area contributed by atoms with Crippen molar-refractivity contribution in [3.63, 3.8) is 0 Å². The molecule has 0 radical (unpaired) electrons. The third kappa shape index (κ3) is 5.76. The molecule has 1 fully saturated rings. The van der Waals surface area contributed by atoms with Crippen molar-refractivity contribution in [3.8, 4) is 0 Å². The molecule has 7 heteroatoms. The van der Waals surface area contributed by atoms with Gasteiger partial charge in [-0.2, -0.15) is 0 Å². The Morgan fingerprint density at radius 1 is 1.50 bits per heavy atom. The van der Waals surface area contributed by atoms with E-state index < -0.39 is 9.84 Å². The summed E-state index contributed by atoms with van der Waals surface area (Å²) in [6, 6.07) is -0.111. The van der Waals surface area contributed by atoms with Crippen LogP contribution in [0, 0.1) is 0 Å². The smallest absolute Gasteiger partial charge is 0.222 e. The minimum absolute atomic E-state index is 0.00444. The van der Waals surface area contributed by atoms with Gasteiger partial charge < -0.3 is 15.4 Å². The average Bonchev–Trinajstić information content (AvgIpc) is 2.69. The molecule has 0 saturated carbocycles. The normalized spacial score (nSPS) is 22.6. The van der Waals surface area contributed by atoms with Crippen molar-refractivity contribution in [3.05, 3.63) is 0 Å². The zero-order chi connectivity index (χ0) is 15.2. The van der Waals surface area contributed by atoms with E-state index in [9.17, 15) is 13.2 Å². The van der Waals surface area contributed by atoms with Gasteiger partial charge in [-0.15, -0.1) is 0 Å². The van der Waals surface area contributed by atoms with Gasteiger partial charge in [0.2, 0.25) is 5.91 Å². The Bertz CT molecular complexity index is 409. The summed E-state index contributed by atoms with van der Waals surface area (Å²) in [5.41, 5.74) is 5.67. The van der Waals surface area contributed by atoms with Gasteiger partial charge in [0.05, 0.1) is 18.1 Å². The van der Waals surface area contributed by atoms with Gasteiger partial charge in [-0.1, -0.05) is 0 Å². The molecule has 1 amide bonds. The summed E-state index contributed by atoms with van der Waals surface area (Å²) in [6.45, 7) is 2.79. The lowest BCUT2D eigenvalue weighted by atomic mass is 10.1. The maximum absolute atomic E-state index is 12.3. The quantitative estimate of drug-likeness (QED) is 0.690. The molecular formula is C13H26N2O4S. The largest absolute Gasteiger partial charge is 0.383 e. The number of methoxy groups -OCH3 is 1. The number of amides is 1. The number of nitrogens with zero attached hydrogens (tertiary/aromatic N) is 1. The maximum Gasteiger partial charge on any atom is 0.222 e. The van der Waals surface area contributed by atoms with Crippen LogP contribution in [-0.2, 0) is 19.4 Å². The molecule has 1 aliphatic heterocycles. The van der Waals surface area contributed by atoms with Gasteiger partial charge in [-0.3, -0.25) is 4.79 Å². The van der Waals surface area contributed by atoms with Crippen molar-refractivity contribution in [2.24, 2.45) is 5.73 Å². The predicted octanol–water partition coefficient (Wildman–Crippen LogP) is 0.166. The van der Waals surface area contributed by atoms with E-state index in [2.05, 4.69) is 0 Å². The van der Waals surface area contributed by atoms with Crippen LogP contribution in [0.2, 0.25) is 0 Å². The molecule has 0 aromatic rings. The summed E-state index contributed by atoms with van der Waals surface area (Å²) in [5.74, 6) is 0.258. The van der Waals surface area contributed by atoms with Crippen LogP contribution in [0.15, 0.2) is 0 Å². The number of rotatable bonds is 8. The summed E-state index contributed by atoms with van der Waals surface area (Å²) in [5, 5.41) is 0. The molecule has 1 rings (SSSR count). The van der Waals surface area contributed by atoms with E-state index in [0.717, 1.165) is 12.8 Å². The Morgan fingerprint density at radius 3 is 2.70 bits per heavy atom. The lowest BCUT2D eigenvalue weighted by molar-refractivity contribution is -0.133. The highest BCUT2D eigenvalue weighted by Gasteiger charge is 2.34. The second-order valence-corrected chi connectivity index (χ2v) is 7.74.